The van der Waals surface area contributed by atoms with Crippen molar-refractivity contribution in [3.8, 4) is 0 Å². The number of ether oxygens (including phenoxy) is 2. The van der Waals surface area contributed by atoms with Gasteiger partial charge in [-0.3, -0.25) is 14.4 Å². The van der Waals surface area contributed by atoms with E-state index in [1.165, 1.54) is 148 Å². The highest BCUT2D eigenvalue weighted by Crippen LogP contribution is 2.48. The van der Waals surface area contributed by atoms with Gasteiger partial charge in [-0.25, -0.2) is 4.79 Å². The van der Waals surface area contributed by atoms with E-state index >= 15 is 0 Å². The molecule has 64 heavy (non-hydrogen) atoms. The minimum absolute atomic E-state index is 0.0212. The zero-order chi connectivity index (χ0) is 46.2. The van der Waals surface area contributed by atoms with Crippen molar-refractivity contribution in [2.24, 2.45) is 11.7 Å². The summed E-state index contributed by atoms with van der Waals surface area (Å²) < 4.78 is 12.4. The van der Waals surface area contributed by atoms with Gasteiger partial charge in [-0.05, 0) is 44.4 Å². The Bertz CT molecular complexity index is 1460. The molecule has 5 unspecified atom stereocenters. The van der Waals surface area contributed by atoms with E-state index in [2.05, 4.69) is 24.5 Å². The molecule has 0 spiro atoms. The van der Waals surface area contributed by atoms with Gasteiger partial charge < -0.3 is 30.9 Å². The van der Waals surface area contributed by atoms with Crippen LogP contribution in [0.5, 0.6) is 0 Å². The first-order valence-corrected chi connectivity index (χ1v) is 27.5. The highest BCUT2D eigenvalue weighted by atomic mass is 32.2. The van der Waals surface area contributed by atoms with Gasteiger partial charge in [0.2, 0.25) is 0 Å². The van der Waals surface area contributed by atoms with E-state index in [-0.39, 0.29) is 24.0 Å². The van der Waals surface area contributed by atoms with Crippen molar-refractivity contribution in [2.45, 2.75) is 251 Å². The molecule has 0 aliphatic carbocycles. The molecule has 1 aromatic carbocycles. The van der Waals surface area contributed by atoms with E-state index in [0.29, 0.717) is 30.0 Å². The summed E-state index contributed by atoms with van der Waals surface area (Å²) in [7, 11) is 0. The van der Waals surface area contributed by atoms with Crippen molar-refractivity contribution < 1.29 is 33.8 Å². The molecular weight excluding hydrogens is 823 g/mol. The number of unbranched alkanes of at least 4 members (excludes halogenated alkanes) is 27. The number of nitrogens with one attached hydrogen (secondary N) is 2. The standard InChI is InChI=1S/C53H91N3O7S/c1-4-6-8-10-12-14-16-18-19-20-22-24-26-28-30-32-37-55-53(61)63-51-42-34-35-43(50(58)44(52(59)60)39-41(3)54)49-48(42)45(56-49)36-38-64-40-46(51)62-47(57)33-31-29-27-25-23-21-17-15-13-11-9-7-5-2/h34-35,41,44-46,51,56H,4-33,36-40,54H2,1-3H3,(H,55,61)(H,59,60). The summed E-state index contributed by atoms with van der Waals surface area (Å²) >= 11 is 1.65. The second-order valence-electron chi connectivity index (χ2n) is 19.1. The molecule has 0 fully saturated rings. The Balaban J connectivity index is 1.53. The van der Waals surface area contributed by atoms with Gasteiger partial charge in [-0.1, -0.05) is 193 Å². The number of anilines is 1. The van der Waals surface area contributed by atoms with E-state index in [9.17, 15) is 24.3 Å². The van der Waals surface area contributed by atoms with Crippen LogP contribution in [0.2, 0.25) is 0 Å². The monoisotopic (exact) mass is 914 g/mol. The van der Waals surface area contributed by atoms with Crippen LogP contribution in [-0.2, 0) is 19.1 Å². The smallest absolute Gasteiger partial charge is 0.407 e. The van der Waals surface area contributed by atoms with Crippen LogP contribution in [0.25, 0.3) is 0 Å². The number of carbonyl (C=O) groups excluding carboxylic acids is 3. The molecule has 11 heteroatoms. The molecule has 2 aliphatic heterocycles. The highest BCUT2D eigenvalue weighted by molar-refractivity contribution is 7.99. The van der Waals surface area contributed by atoms with Gasteiger partial charge in [-0.15, -0.1) is 0 Å². The summed E-state index contributed by atoms with van der Waals surface area (Å²) in [6.45, 7) is 6.71. The maximum absolute atomic E-state index is 13.7. The SMILES string of the molecule is CCCCCCCCCCCCCCCCCCNC(=O)OC1c2ccc(C(=O)C(CC(C)N)C(=O)O)c3c2C(CCSCC1OC(=O)CCCCCCCCCCCCCCC)N3. The van der Waals surface area contributed by atoms with Crippen LogP contribution in [-0.4, -0.2) is 59.1 Å². The molecule has 5 atom stereocenters. The number of carbonyl (C=O) groups is 4. The molecule has 366 valence electrons. The number of nitrogens with two attached hydrogens (primary N) is 1. The summed E-state index contributed by atoms with van der Waals surface area (Å²) in [5.74, 6) is -2.05. The fourth-order valence-electron chi connectivity index (χ4n) is 9.34. The minimum Gasteiger partial charge on any atom is -0.481 e. The van der Waals surface area contributed by atoms with Gasteiger partial charge in [0, 0.05) is 41.5 Å². The average molecular weight is 914 g/mol. The Hall–Kier alpha value is -2.79. The van der Waals surface area contributed by atoms with Crippen LogP contribution in [0.15, 0.2) is 12.1 Å². The lowest BCUT2D eigenvalue weighted by atomic mass is 9.81. The third-order valence-corrected chi connectivity index (χ3v) is 14.3. The number of benzene rings is 1. The quantitative estimate of drug-likeness (QED) is 0.0218. The third-order valence-electron chi connectivity index (χ3n) is 13.2. The fraction of sp³-hybridized carbons (Fsp3) is 0.811. The number of amides is 1. The van der Waals surface area contributed by atoms with Crippen LogP contribution in [0.3, 0.4) is 0 Å². The summed E-state index contributed by atoms with van der Waals surface area (Å²) in [5.41, 5.74) is 8.31. The Labute approximate surface area is 393 Å². The second-order valence-corrected chi connectivity index (χ2v) is 20.2. The number of hydrogen-bond acceptors (Lipinski definition) is 9. The Morgan fingerprint density at radius 1 is 0.719 bits per heavy atom. The highest BCUT2D eigenvalue weighted by Gasteiger charge is 2.42. The second kappa shape index (κ2) is 34.5. The van der Waals surface area contributed by atoms with Gasteiger partial charge in [0.05, 0.1) is 11.7 Å². The Morgan fingerprint density at radius 3 is 1.69 bits per heavy atom. The zero-order valence-corrected chi connectivity index (χ0v) is 41.5. The molecule has 5 N–H and O–H groups in total. The molecule has 3 rings (SSSR count). The third kappa shape index (κ3) is 22.1. The molecule has 0 radical (unpaired) electrons. The molecule has 10 nitrogen and oxygen atoms in total. The molecule has 1 aromatic rings. The average Bonchev–Trinajstić information content (AvgIpc) is 3.31. The van der Waals surface area contributed by atoms with Crippen LogP contribution < -0.4 is 16.4 Å². The molecule has 0 saturated carbocycles. The van der Waals surface area contributed by atoms with Crippen molar-refractivity contribution in [1.29, 1.82) is 0 Å². The van der Waals surface area contributed by atoms with Gasteiger partial charge >= 0.3 is 18.0 Å². The van der Waals surface area contributed by atoms with E-state index < -0.39 is 42.0 Å². The summed E-state index contributed by atoms with van der Waals surface area (Å²) in [5, 5.41) is 16.3. The first-order chi connectivity index (χ1) is 31.2. The molecule has 1 amide bonds. The molecule has 2 heterocycles. The Morgan fingerprint density at radius 2 is 1.20 bits per heavy atom. The number of alkyl carbamates (subject to hydrolysis) is 1. The molecular formula is C53H91N3O7S. The molecule has 0 aromatic heterocycles. The number of hydrogen-bond donors (Lipinski definition) is 4. The lowest BCUT2D eigenvalue weighted by molar-refractivity contribution is -0.153. The number of rotatable bonds is 38. The van der Waals surface area contributed by atoms with Crippen LogP contribution >= 0.6 is 11.8 Å². The van der Waals surface area contributed by atoms with Crippen molar-refractivity contribution in [3.05, 3.63) is 28.8 Å². The number of carboxylic acids is 1. The lowest BCUT2D eigenvalue weighted by Gasteiger charge is -2.38. The zero-order valence-electron chi connectivity index (χ0n) is 40.7. The number of thioether (sulfide) groups is 1. The number of Topliss-reactive ketones (excluding diaryl/α,β-unsaturated/α-hetero) is 1. The van der Waals surface area contributed by atoms with Crippen molar-refractivity contribution >= 4 is 41.3 Å². The maximum atomic E-state index is 13.7. The van der Waals surface area contributed by atoms with Gasteiger partial charge in [0.25, 0.3) is 0 Å². The molecule has 0 saturated heterocycles. The van der Waals surface area contributed by atoms with Gasteiger partial charge in [-0.2, -0.15) is 11.8 Å². The van der Waals surface area contributed by atoms with Crippen molar-refractivity contribution in [3.63, 3.8) is 0 Å². The summed E-state index contributed by atoms with van der Waals surface area (Å²) in [4.78, 5) is 52.8. The maximum Gasteiger partial charge on any atom is 0.407 e. The first-order valence-electron chi connectivity index (χ1n) is 26.3. The largest absolute Gasteiger partial charge is 0.481 e. The molecule has 0 bridgehead atoms. The number of esters is 1. The topological polar surface area (TPSA) is 157 Å². The first kappa shape index (κ1) is 55.5. The summed E-state index contributed by atoms with van der Waals surface area (Å²) in [6, 6.07) is 2.81. The van der Waals surface area contributed by atoms with E-state index in [4.69, 9.17) is 15.2 Å². The van der Waals surface area contributed by atoms with E-state index in [0.717, 1.165) is 56.3 Å². The predicted molar refractivity (Wildman–Crippen MR) is 265 cm³/mol. The van der Waals surface area contributed by atoms with Gasteiger partial charge in [0.15, 0.2) is 18.0 Å². The van der Waals surface area contributed by atoms with Crippen LogP contribution in [0.4, 0.5) is 10.5 Å². The van der Waals surface area contributed by atoms with E-state index in [1.54, 1.807) is 30.8 Å². The lowest BCUT2D eigenvalue weighted by Crippen LogP contribution is -2.37. The number of carboxylic acid groups (broad SMARTS) is 1. The van der Waals surface area contributed by atoms with Crippen LogP contribution in [0.1, 0.15) is 260 Å². The number of ketones is 1. The predicted octanol–water partition coefficient (Wildman–Crippen LogP) is 14.3. The van der Waals surface area contributed by atoms with Gasteiger partial charge in [0.1, 0.15) is 5.92 Å². The summed E-state index contributed by atoms with van der Waals surface area (Å²) in [6.07, 6.45) is 35.3. The fourth-order valence-corrected chi connectivity index (χ4v) is 10.4. The number of aliphatic carboxylic acids is 1. The van der Waals surface area contributed by atoms with Crippen molar-refractivity contribution in [2.75, 3.05) is 23.4 Å². The normalized spacial score (nSPS) is 17.7. The minimum atomic E-state index is -1.27. The molecule has 2 aliphatic rings. The Kier molecular flexibility index (Phi) is 29.9. The van der Waals surface area contributed by atoms with Crippen LogP contribution in [0, 0.1) is 5.92 Å². The van der Waals surface area contributed by atoms with Crippen molar-refractivity contribution in [1.82, 2.24) is 5.32 Å². The van der Waals surface area contributed by atoms with E-state index in [1.807, 2.05) is 0 Å².